The topological polar surface area (TPSA) is 41.1 Å². The molecule has 1 atom stereocenters. The van der Waals surface area contributed by atoms with Crippen molar-refractivity contribution in [3.8, 4) is 0 Å². The lowest BCUT2D eigenvalue weighted by molar-refractivity contribution is -0.116. The minimum absolute atomic E-state index is 0.0686. The number of para-hydroxylation sites is 1. The van der Waals surface area contributed by atoms with Crippen molar-refractivity contribution >= 4 is 17.3 Å². The van der Waals surface area contributed by atoms with Gasteiger partial charge in [0.15, 0.2) is 0 Å². The first-order valence-electron chi connectivity index (χ1n) is 6.92. The summed E-state index contributed by atoms with van der Waals surface area (Å²) in [6, 6.07) is 16.1. The number of anilines is 2. The molecule has 1 aliphatic heterocycles. The summed E-state index contributed by atoms with van der Waals surface area (Å²) in [4.78, 5) is 12.2. The molecule has 2 aromatic rings. The highest BCUT2D eigenvalue weighted by molar-refractivity contribution is 5.91. The highest BCUT2D eigenvalue weighted by Crippen LogP contribution is 2.33. The third kappa shape index (κ3) is 2.67. The van der Waals surface area contributed by atoms with Crippen LogP contribution in [0.5, 0.6) is 0 Å². The largest absolute Gasteiger partial charge is 0.384 e. The van der Waals surface area contributed by atoms with Crippen LogP contribution in [0.4, 0.5) is 11.4 Å². The zero-order valence-electron chi connectivity index (χ0n) is 11.5. The second-order valence-electron chi connectivity index (χ2n) is 5.29. The molecule has 0 spiro atoms. The minimum atomic E-state index is 0.0686. The van der Waals surface area contributed by atoms with Gasteiger partial charge >= 0.3 is 0 Å². The van der Waals surface area contributed by atoms with Crippen molar-refractivity contribution in [2.45, 2.75) is 19.3 Å². The van der Waals surface area contributed by atoms with Crippen molar-refractivity contribution in [2.75, 3.05) is 17.2 Å². The third-order valence-corrected chi connectivity index (χ3v) is 3.67. The number of benzene rings is 2. The summed E-state index contributed by atoms with van der Waals surface area (Å²) in [5.41, 5.74) is 4.41. The Kier molecular flexibility index (Phi) is 3.42. The third-order valence-electron chi connectivity index (χ3n) is 3.67. The number of amides is 1. The molecule has 3 rings (SSSR count). The molecule has 0 saturated carbocycles. The van der Waals surface area contributed by atoms with E-state index >= 15 is 0 Å². The zero-order valence-corrected chi connectivity index (χ0v) is 11.5. The lowest BCUT2D eigenvalue weighted by Gasteiger charge is -2.11. The number of rotatable bonds is 3. The Balaban J connectivity index is 1.66. The van der Waals surface area contributed by atoms with Crippen LogP contribution in [0.15, 0.2) is 48.5 Å². The predicted molar refractivity (Wildman–Crippen MR) is 82.1 cm³/mol. The number of carbonyl (C=O) groups is 1. The maximum absolute atomic E-state index is 12.2. The zero-order chi connectivity index (χ0) is 13.9. The van der Waals surface area contributed by atoms with Crippen molar-refractivity contribution < 1.29 is 4.79 Å². The number of hydrogen-bond donors (Lipinski definition) is 2. The molecule has 1 aliphatic rings. The van der Waals surface area contributed by atoms with Crippen LogP contribution < -0.4 is 10.6 Å². The Morgan fingerprint density at radius 1 is 1.25 bits per heavy atom. The van der Waals surface area contributed by atoms with Gasteiger partial charge in [-0.3, -0.25) is 4.79 Å². The summed E-state index contributed by atoms with van der Waals surface area (Å²) >= 11 is 0. The Labute approximate surface area is 119 Å². The van der Waals surface area contributed by atoms with Crippen LogP contribution in [0.2, 0.25) is 0 Å². The predicted octanol–water partition coefficient (Wildman–Crippen LogP) is 3.53. The van der Waals surface area contributed by atoms with E-state index in [1.807, 2.05) is 43.3 Å². The van der Waals surface area contributed by atoms with E-state index in [0.29, 0.717) is 6.42 Å². The van der Waals surface area contributed by atoms with Gasteiger partial charge in [0.05, 0.1) is 0 Å². The fraction of sp³-hybridized carbons (Fsp3) is 0.235. The molecule has 0 radical (unpaired) electrons. The number of hydrogen-bond acceptors (Lipinski definition) is 2. The van der Waals surface area contributed by atoms with E-state index in [1.165, 1.54) is 5.56 Å². The first-order valence-corrected chi connectivity index (χ1v) is 6.92. The van der Waals surface area contributed by atoms with E-state index in [1.54, 1.807) is 0 Å². The van der Waals surface area contributed by atoms with Crippen LogP contribution in [0.25, 0.3) is 0 Å². The molecule has 0 aliphatic carbocycles. The smallest absolute Gasteiger partial charge is 0.225 e. The highest BCUT2D eigenvalue weighted by atomic mass is 16.1. The van der Waals surface area contributed by atoms with Crippen molar-refractivity contribution in [2.24, 2.45) is 0 Å². The SMILES string of the molecule is Cc1cccc(NC(=O)CC2CNc3ccccc32)c1. The van der Waals surface area contributed by atoms with E-state index < -0.39 is 0 Å². The maximum atomic E-state index is 12.2. The van der Waals surface area contributed by atoms with Gasteiger partial charge in [-0.25, -0.2) is 0 Å². The first kappa shape index (κ1) is 12.7. The van der Waals surface area contributed by atoms with Crippen molar-refractivity contribution in [1.82, 2.24) is 0 Å². The lowest BCUT2D eigenvalue weighted by Crippen LogP contribution is -2.16. The Morgan fingerprint density at radius 2 is 2.10 bits per heavy atom. The summed E-state index contributed by atoms with van der Waals surface area (Å²) in [7, 11) is 0. The Morgan fingerprint density at radius 3 is 2.95 bits per heavy atom. The van der Waals surface area contributed by atoms with E-state index in [-0.39, 0.29) is 11.8 Å². The van der Waals surface area contributed by atoms with Gasteiger partial charge in [-0.1, -0.05) is 30.3 Å². The van der Waals surface area contributed by atoms with Crippen molar-refractivity contribution in [1.29, 1.82) is 0 Å². The highest BCUT2D eigenvalue weighted by Gasteiger charge is 2.23. The van der Waals surface area contributed by atoms with Gasteiger partial charge in [-0.05, 0) is 36.2 Å². The average molecular weight is 266 g/mol. The summed E-state index contributed by atoms with van der Waals surface area (Å²) in [6.07, 6.45) is 0.512. The molecule has 0 fully saturated rings. The van der Waals surface area contributed by atoms with Crippen LogP contribution in [0.3, 0.4) is 0 Å². The molecule has 2 aromatic carbocycles. The van der Waals surface area contributed by atoms with Crippen LogP contribution in [-0.4, -0.2) is 12.5 Å². The molecule has 0 aromatic heterocycles. The lowest BCUT2D eigenvalue weighted by atomic mass is 9.97. The summed E-state index contributed by atoms with van der Waals surface area (Å²) in [5, 5.41) is 6.32. The first-order chi connectivity index (χ1) is 9.72. The van der Waals surface area contributed by atoms with Gasteiger partial charge in [-0.2, -0.15) is 0 Å². The molecule has 20 heavy (non-hydrogen) atoms. The molecule has 0 saturated heterocycles. The fourth-order valence-corrected chi connectivity index (χ4v) is 2.70. The maximum Gasteiger partial charge on any atom is 0.225 e. The van der Waals surface area contributed by atoms with E-state index in [2.05, 4.69) is 22.8 Å². The summed E-state index contributed by atoms with van der Waals surface area (Å²) in [5.74, 6) is 0.329. The number of nitrogens with one attached hydrogen (secondary N) is 2. The van der Waals surface area contributed by atoms with Gasteiger partial charge in [0, 0.05) is 30.3 Å². The van der Waals surface area contributed by atoms with Crippen molar-refractivity contribution in [3.05, 3.63) is 59.7 Å². The van der Waals surface area contributed by atoms with Crippen molar-refractivity contribution in [3.63, 3.8) is 0 Å². The monoisotopic (exact) mass is 266 g/mol. The number of fused-ring (bicyclic) bond motifs is 1. The fourth-order valence-electron chi connectivity index (χ4n) is 2.70. The molecule has 1 amide bonds. The molecule has 0 bridgehead atoms. The van der Waals surface area contributed by atoms with Gasteiger partial charge in [-0.15, -0.1) is 0 Å². The van der Waals surface area contributed by atoms with E-state index in [0.717, 1.165) is 23.5 Å². The van der Waals surface area contributed by atoms with Gasteiger partial charge in [0.2, 0.25) is 5.91 Å². The number of aryl methyl sites for hydroxylation is 1. The van der Waals surface area contributed by atoms with Crippen LogP contribution in [0.1, 0.15) is 23.5 Å². The molecule has 2 N–H and O–H groups in total. The molecule has 3 nitrogen and oxygen atoms in total. The quantitative estimate of drug-likeness (QED) is 0.892. The number of carbonyl (C=O) groups excluding carboxylic acids is 1. The molecular formula is C17H18N2O. The molecular weight excluding hydrogens is 248 g/mol. The average Bonchev–Trinajstić information content (AvgIpc) is 2.82. The van der Waals surface area contributed by atoms with Gasteiger partial charge in [0.1, 0.15) is 0 Å². The normalized spacial score (nSPS) is 16.4. The van der Waals surface area contributed by atoms with Gasteiger partial charge < -0.3 is 10.6 Å². The second kappa shape index (κ2) is 5.37. The molecule has 3 heteroatoms. The van der Waals surface area contributed by atoms with E-state index in [9.17, 15) is 4.79 Å². The van der Waals surface area contributed by atoms with Crippen LogP contribution >= 0.6 is 0 Å². The minimum Gasteiger partial charge on any atom is -0.384 e. The molecule has 102 valence electrons. The summed E-state index contributed by atoms with van der Waals surface area (Å²) in [6.45, 7) is 2.85. The van der Waals surface area contributed by atoms with Crippen LogP contribution in [0, 0.1) is 6.92 Å². The Bertz CT molecular complexity index is 636. The molecule has 1 unspecified atom stereocenters. The standard InChI is InChI=1S/C17H18N2O/c1-12-5-4-6-14(9-12)19-17(20)10-13-11-18-16-8-3-2-7-15(13)16/h2-9,13,18H,10-11H2,1H3,(H,19,20). The Hall–Kier alpha value is -2.29. The molecule has 1 heterocycles. The van der Waals surface area contributed by atoms with Crippen LogP contribution in [-0.2, 0) is 4.79 Å². The van der Waals surface area contributed by atoms with E-state index in [4.69, 9.17) is 0 Å². The summed E-state index contributed by atoms with van der Waals surface area (Å²) < 4.78 is 0. The van der Waals surface area contributed by atoms with Gasteiger partial charge in [0.25, 0.3) is 0 Å². The second-order valence-corrected chi connectivity index (χ2v) is 5.29.